The van der Waals surface area contributed by atoms with E-state index in [2.05, 4.69) is 31.0 Å². The number of nitrogens with zero attached hydrogens (tertiary/aromatic N) is 1. The first-order valence-electron chi connectivity index (χ1n) is 8.35. The van der Waals surface area contributed by atoms with Gasteiger partial charge in [-0.05, 0) is 45.6 Å². The zero-order chi connectivity index (χ0) is 13.7. The van der Waals surface area contributed by atoms with E-state index in [1.807, 2.05) is 0 Å². The normalized spacial score (nSPS) is 37.4. The number of hydrogen-bond donors (Lipinski definition) is 1. The third kappa shape index (κ3) is 4.17. The largest absolute Gasteiger partial charge is 0.376 e. The average molecular weight is 268 g/mol. The van der Waals surface area contributed by atoms with E-state index in [1.54, 1.807) is 0 Å². The molecule has 0 spiro atoms. The summed E-state index contributed by atoms with van der Waals surface area (Å²) >= 11 is 0. The summed E-state index contributed by atoms with van der Waals surface area (Å²) in [6.07, 6.45) is 8.34. The zero-order valence-corrected chi connectivity index (χ0v) is 13.0. The van der Waals surface area contributed by atoms with Crippen LogP contribution in [0.4, 0.5) is 0 Å². The minimum Gasteiger partial charge on any atom is -0.376 e. The van der Waals surface area contributed by atoms with Crippen molar-refractivity contribution >= 4 is 0 Å². The minimum atomic E-state index is 0.409. The predicted molar refractivity (Wildman–Crippen MR) is 80.5 cm³/mol. The van der Waals surface area contributed by atoms with Gasteiger partial charge in [0.15, 0.2) is 0 Å². The van der Waals surface area contributed by atoms with Gasteiger partial charge < -0.3 is 10.1 Å². The lowest BCUT2D eigenvalue weighted by Gasteiger charge is -2.46. The quantitative estimate of drug-likeness (QED) is 0.830. The molecule has 0 bridgehead atoms. The molecule has 0 aromatic carbocycles. The molecule has 0 aromatic heterocycles. The zero-order valence-electron chi connectivity index (χ0n) is 13.0. The minimum absolute atomic E-state index is 0.409. The Bertz CT molecular complexity index is 259. The van der Waals surface area contributed by atoms with Crippen LogP contribution in [-0.4, -0.2) is 48.8 Å². The molecule has 112 valence electrons. The molecule has 1 aliphatic heterocycles. The molecule has 0 amide bonds. The first-order valence-corrected chi connectivity index (χ1v) is 8.35. The number of rotatable bonds is 5. The molecular formula is C16H32N2O. The van der Waals surface area contributed by atoms with Gasteiger partial charge in [0.05, 0.1) is 12.7 Å². The van der Waals surface area contributed by atoms with Gasteiger partial charge in [-0.3, -0.25) is 4.90 Å². The van der Waals surface area contributed by atoms with Crippen LogP contribution in [0.2, 0.25) is 0 Å². The molecule has 3 nitrogen and oxygen atoms in total. The molecule has 4 atom stereocenters. The van der Waals surface area contributed by atoms with Gasteiger partial charge in [0, 0.05) is 24.7 Å². The van der Waals surface area contributed by atoms with Crippen molar-refractivity contribution in [1.82, 2.24) is 10.2 Å². The van der Waals surface area contributed by atoms with Gasteiger partial charge in [-0.15, -0.1) is 0 Å². The van der Waals surface area contributed by atoms with Crippen LogP contribution in [-0.2, 0) is 4.74 Å². The fourth-order valence-electron chi connectivity index (χ4n) is 3.67. The van der Waals surface area contributed by atoms with E-state index >= 15 is 0 Å². The van der Waals surface area contributed by atoms with Gasteiger partial charge >= 0.3 is 0 Å². The maximum absolute atomic E-state index is 5.84. The van der Waals surface area contributed by atoms with Crippen molar-refractivity contribution in [2.24, 2.45) is 0 Å². The van der Waals surface area contributed by atoms with Gasteiger partial charge in [-0.2, -0.15) is 0 Å². The lowest BCUT2D eigenvalue weighted by molar-refractivity contribution is -0.0789. The van der Waals surface area contributed by atoms with E-state index in [-0.39, 0.29) is 0 Å². The van der Waals surface area contributed by atoms with Crippen molar-refractivity contribution in [3.05, 3.63) is 0 Å². The first-order chi connectivity index (χ1) is 9.24. The van der Waals surface area contributed by atoms with Gasteiger partial charge in [0.2, 0.25) is 0 Å². The van der Waals surface area contributed by atoms with Crippen LogP contribution in [0.15, 0.2) is 0 Å². The van der Waals surface area contributed by atoms with Crippen molar-refractivity contribution in [2.75, 3.05) is 19.7 Å². The van der Waals surface area contributed by atoms with Crippen LogP contribution in [0.25, 0.3) is 0 Å². The number of nitrogens with one attached hydrogen (secondary N) is 1. The second kappa shape index (κ2) is 7.61. The molecular weight excluding hydrogens is 236 g/mol. The van der Waals surface area contributed by atoms with E-state index in [9.17, 15) is 0 Å². The highest BCUT2D eigenvalue weighted by atomic mass is 16.5. The summed E-state index contributed by atoms with van der Waals surface area (Å²) in [4.78, 5) is 2.76. The Balaban J connectivity index is 1.90. The molecule has 4 unspecified atom stereocenters. The topological polar surface area (TPSA) is 24.5 Å². The summed E-state index contributed by atoms with van der Waals surface area (Å²) in [7, 11) is 0. The van der Waals surface area contributed by atoms with Crippen LogP contribution in [0.3, 0.4) is 0 Å². The second-order valence-electron chi connectivity index (χ2n) is 6.37. The first kappa shape index (κ1) is 15.3. The summed E-state index contributed by atoms with van der Waals surface area (Å²) in [5.41, 5.74) is 0. The van der Waals surface area contributed by atoms with Crippen LogP contribution >= 0.6 is 0 Å². The maximum Gasteiger partial charge on any atom is 0.0674 e. The second-order valence-corrected chi connectivity index (χ2v) is 6.37. The molecule has 2 rings (SSSR count). The van der Waals surface area contributed by atoms with Gasteiger partial charge in [-0.25, -0.2) is 0 Å². The molecule has 1 saturated heterocycles. The molecule has 1 heterocycles. The number of ether oxygens (including phenoxy) is 1. The molecule has 1 saturated carbocycles. The van der Waals surface area contributed by atoms with Crippen molar-refractivity contribution in [2.45, 2.75) is 83.5 Å². The molecule has 0 aromatic rings. The van der Waals surface area contributed by atoms with Crippen molar-refractivity contribution in [3.63, 3.8) is 0 Å². The Hall–Kier alpha value is -0.120. The summed E-state index contributed by atoms with van der Waals surface area (Å²) in [6, 6.07) is 2.17. The Labute approximate surface area is 119 Å². The standard InChI is InChI=1S/C16H32N2O/c1-4-9-17-14-7-6-8-16(10-14)18-11-13(3)19-12-15(18)5-2/h13-17H,4-12H2,1-3H3. The van der Waals surface area contributed by atoms with Crippen molar-refractivity contribution < 1.29 is 4.74 Å². The van der Waals surface area contributed by atoms with Gasteiger partial charge in [0.25, 0.3) is 0 Å². The van der Waals surface area contributed by atoms with E-state index in [0.717, 1.165) is 25.2 Å². The van der Waals surface area contributed by atoms with E-state index in [4.69, 9.17) is 4.74 Å². The Kier molecular flexibility index (Phi) is 6.11. The van der Waals surface area contributed by atoms with Crippen molar-refractivity contribution in [3.8, 4) is 0 Å². The van der Waals surface area contributed by atoms with E-state index < -0.39 is 0 Å². The van der Waals surface area contributed by atoms with Gasteiger partial charge in [-0.1, -0.05) is 20.3 Å². The highest BCUT2D eigenvalue weighted by Gasteiger charge is 2.33. The van der Waals surface area contributed by atoms with Crippen LogP contribution in [0.5, 0.6) is 0 Å². The van der Waals surface area contributed by atoms with E-state index in [1.165, 1.54) is 45.1 Å². The number of morpholine rings is 1. The van der Waals surface area contributed by atoms with Crippen LogP contribution in [0.1, 0.15) is 59.3 Å². The predicted octanol–water partition coefficient (Wildman–Crippen LogP) is 2.80. The lowest BCUT2D eigenvalue weighted by Crippen LogP contribution is -2.55. The summed E-state index contributed by atoms with van der Waals surface area (Å²) in [5, 5.41) is 3.73. The summed E-state index contributed by atoms with van der Waals surface area (Å²) in [6.45, 7) is 10.0. The van der Waals surface area contributed by atoms with Crippen LogP contribution < -0.4 is 5.32 Å². The Morgan fingerprint density at radius 2 is 2.11 bits per heavy atom. The molecule has 1 aliphatic carbocycles. The lowest BCUT2D eigenvalue weighted by atomic mass is 9.88. The molecule has 2 aliphatic rings. The Morgan fingerprint density at radius 3 is 2.84 bits per heavy atom. The van der Waals surface area contributed by atoms with E-state index in [0.29, 0.717) is 12.1 Å². The Morgan fingerprint density at radius 1 is 1.26 bits per heavy atom. The highest BCUT2D eigenvalue weighted by molar-refractivity contribution is 4.89. The molecule has 19 heavy (non-hydrogen) atoms. The smallest absolute Gasteiger partial charge is 0.0674 e. The molecule has 0 radical (unpaired) electrons. The van der Waals surface area contributed by atoms with Crippen molar-refractivity contribution in [1.29, 1.82) is 0 Å². The third-order valence-corrected chi connectivity index (χ3v) is 4.78. The third-order valence-electron chi connectivity index (χ3n) is 4.78. The highest BCUT2D eigenvalue weighted by Crippen LogP contribution is 2.28. The summed E-state index contributed by atoms with van der Waals surface area (Å²) < 4.78 is 5.84. The fraction of sp³-hybridized carbons (Fsp3) is 1.00. The fourth-order valence-corrected chi connectivity index (χ4v) is 3.67. The molecule has 3 heteroatoms. The molecule has 1 N–H and O–H groups in total. The SMILES string of the molecule is CCCNC1CCCC(N2CC(C)OCC2CC)C1. The van der Waals surface area contributed by atoms with Gasteiger partial charge in [0.1, 0.15) is 0 Å². The van der Waals surface area contributed by atoms with Crippen LogP contribution in [0, 0.1) is 0 Å². The molecule has 2 fully saturated rings. The number of hydrogen-bond acceptors (Lipinski definition) is 3. The monoisotopic (exact) mass is 268 g/mol. The maximum atomic E-state index is 5.84. The average Bonchev–Trinajstić information content (AvgIpc) is 2.45. The summed E-state index contributed by atoms with van der Waals surface area (Å²) in [5.74, 6) is 0.